The molecule has 1 aromatic rings. The second-order valence-electron chi connectivity index (χ2n) is 9.25. The highest BCUT2D eigenvalue weighted by Crippen LogP contribution is 2.38. The predicted octanol–water partition coefficient (Wildman–Crippen LogP) is 3.02. The van der Waals surface area contributed by atoms with E-state index in [4.69, 9.17) is 0 Å². The summed E-state index contributed by atoms with van der Waals surface area (Å²) in [7, 11) is -3.98. The molecule has 0 saturated heterocycles. The molecule has 2 aliphatic carbocycles. The van der Waals surface area contributed by atoms with Gasteiger partial charge in [0.25, 0.3) is 0 Å². The molecular formula is C25H43N5O3S. The van der Waals surface area contributed by atoms with Gasteiger partial charge in [-0.15, -0.1) is 0 Å². The number of nitrogens with one attached hydrogen (secondary N) is 2. The quantitative estimate of drug-likeness (QED) is 0.441. The van der Waals surface area contributed by atoms with E-state index in [1.165, 1.54) is 26.6 Å². The zero-order valence-corrected chi connectivity index (χ0v) is 22.3. The van der Waals surface area contributed by atoms with E-state index >= 15 is 0 Å². The van der Waals surface area contributed by atoms with Crippen LogP contribution in [0.1, 0.15) is 62.8 Å². The Morgan fingerprint density at radius 3 is 1.71 bits per heavy atom. The van der Waals surface area contributed by atoms with Crippen LogP contribution in [0, 0.1) is 0 Å². The molecule has 0 fully saturated rings. The van der Waals surface area contributed by atoms with Gasteiger partial charge in [0.2, 0.25) is 0 Å². The first-order valence-electron chi connectivity index (χ1n) is 13.0. The van der Waals surface area contributed by atoms with Crippen LogP contribution in [0.25, 0.3) is 0 Å². The first-order valence-corrected chi connectivity index (χ1v) is 14.5. The molecule has 8 nitrogen and oxygen atoms in total. The smallest absolute Gasteiger partial charge is 0.307 e. The number of likely N-dealkylation sites (N-methyl/N-ethyl adjacent to an activating group) is 2. The highest BCUT2D eigenvalue weighted by atomic mass is 32.2. The third-order valence-electron chi connectivity index (χ3n) is 7.39. The average Bonchev–Trinajstić information content (AvgIpc) is 3.47. The van der Waals surface area contributed by atoms with Gasteiger partial charge in [-0.3, -0.25) is 0 Å². The Morgan fingerprint density at radius 2 is 1.26 bits per heavy atom. The number of anilines is 1. The van der Waals surface area contributed by atoms with Gasteiger partial charge in [-0.2, -0.15) is 12.7 Å². The van der Waals surface area contributed by atoms with Crippen molar-refractivity contribution in [2.75, 3.05) is 57.7 Å². The molecule has 2 N–H and O–H groups in total. The molecule has 3 rings (SSSR count). The summed E-state index contributed by atoms with van der Waals surface area (Å²) in [5, 5.41) is 2.95. The molecule has 0 spiro atoms. The lowest BCUT2D eigenvalue weighted by Crippen LogP contribution is -2.49. The molecule has 9 heteroatoms. The summed E-state index contributed by atoms with van der Waals surface area (Å²) >= 11 is 0. The Balaban J connectivity index is 1.73. The number of aryl methyl sites for hydroxylation is 2. The van der Waals surface area contributed by atoms with Gasteiger partial charge < -0.3 is 15.1 Å². The Hall–Kier alpha value is -1.68. The van der Waals surface area contributed by atoms with Gasteiger partial charge in [0.05, 0.1) is 0 Å². The summed E-state index contributed by atoms with van der Waals surface area (Å²) in [6, 6.07) is 1.64. The molecule has 0 bridgehead atoms. The van der Waals surface area contributed by atoms with E-state index in [1.807, 2.05) is 0 Å². The minimum Gasteiger partial charge on any atom is -0.307 e. The number of hydrogen-bond acceptors (Lipinski definition) is 5. The molecule has 1 aromatic carbocycles. The fourth-order valence-electron chi connectivity index (χ4n) is 5.23. The first kappa shape index (κ1) is 26.9. The molecule has 0 aromatic heterocycles. The fourth-order valence-corrected chi connectivity index (χ4v) is 6.28. The van der Waals surface area contributed by atoms with Crippen LogP contribution < -0.4 is 10.0 Å². The van der Waals surface area contributed by atoms with E-state index in [9.17, 15) is 13.2 Å². The maximum Gasteiger partial charge on any atom is 0.333 e. The SMILES string of the molecule is CCN(CC)CCN(CCN(CC)CC)S(=O)(=O)NC(=O)Nc1c2c(cc3c1CCC3)CCC2. The van der Waals surface area contributed by atoms with Gasteiger partial charge in [-0.25, -0.2) is 9.52 Å². The molecule has 0 aliphatic heterocycles. The number of carbonyl (C=O) groups is 1. The number of amides is 2. The normalized spacial score (nSPS) is 15.3. The van der Waals surface area contributed by atoms with Crippen LogP contribution in [0.3, 0.4) is 0 Å². The second-order valence-corrected chi connectivity index (χ2v) is 10.9. The van der Waals surface area contributed by atoms with Gasteiger partial charge in [-0.05, 0) is 87.0 Å². The molecule has 0 heterocycles. The van der Waals surface area contributed by atoms with Crippen LogP contribution in [0.4, 0.5) is 10.5 Å². The molecule has 0 atom stereocenters. The van der Waals surface area contributed by atoms with Crippen LogP contribution in [-0.2, 0) is 35.9 Å². The Kier molecular flexibility index (Phi) is 9.76. The Labute approximate surface area is 206 Å². The van der Waals surface area contributed by atoms with Gasteiger partial charge in [0.15, 0.2) is 0 Å². The van der Waals surface area contributed by atoms with Crippen molar-refractivity contribution in [3.8, 4) is 0 Å². The molecule has 34 heavy (non-hydrogen) atoms. The molecule has 0 radical (unpaired) electrons. The Bertz CT molecular complexity index is 894. The van der Waals surface area contributed by atoms with E-state index in [-0.39, 0.29) is 0 Å². The standard InChI is InChI=1S/C25H43N5O3S/c1-5-28(6-2)15-17-30(18-16-29(7-3)8-4)34(32,33)27-25(31)26-24-22-13-9-11-20(22)19-21-12-10-14-23(21)24/h19H,5-18H2,1-4H3,(H2,26,27,31). The first-order chi connectivity index (χ1) is 16.3. The maximum absolute atomic E-state index is 13.3. The van der Waals surface area contributed by atoms with E-state index in [2.05, 4.69) is 53.6 Å². The second kappa shape index (κ2) is 12.3. The highest BCUT2D eigenvalue weighted by molar-refractivity contribution is 7.87. The van der Waals surface area contributed by atoms with Crippen molar-refractivity contribution in [2.45, 2.75) is 66.2 Å². The maximum atomic E-state index is 13.3. The topological polar surface area (TPSA) is 85.0 Å². The number of urea groups is 1. The number of benzene rings is 1. The summed E-state index contributed by atoms with van der Waals surface area (Å²) in [5.74, 6) is 0. The summed E-state index contributed by atoms with van der Waals surface area (Å²) in [5.41, 5.74) is 5.84. The fraction of sp³-hybridized carbons (Fsp3) is 0.720. The molecule has 0 unspecified atom stereocenters. The van der Waals surface area contributed by atoms with Crippen molar-refractivity contribution in [3.63, 3.8) is 0 Å². The van der Waals surface area contributed by atoms with Crippen LogP contribution in [0.5, 0.6) is 0 Å². The van der Waals surface area contributed by atoms with Crippen molar-refractivity contribution < 1.29 is 13.2 Å². The van der Waals surface area contributed by atoms with Gasteiger partial charge in [-0.1, -0.05) is 33.8 Å². The predicted molar refractivity (Wildman–Crippen MR) is 139 cm³/mol. The number of rotatable bonds is 13. The van der Waals surface area contributed by atoms with Crippen molar-refractivity contribution in [3.05, 3.63) is 28.3 Å². The summed E-state index contributed by atoms with van der Waals surface area (Å²) in [6.07, 6.45) is 6.09. The average molecular weight is 494 g/mol. The molecular weight excluding hydrogens is 450 g/mol. The van der Waals surface area contributed by atoms with E-state index in [0.29, 0.717) is 26.2 Å². The number of nitrogens with zero attached hydrogens (tertiary/aromatic N) is 3. The lowest BCUT2D eigenvalue weighted by Gasteiger charge is -2.28. The van der Waals surface area contributed by atoms with Crippen molar-refractivity contribution in [1.82, 2.24) is 18.8 Å². The van der Waals surface area contributed by atoms with E-state index in [0.717, 1.165) is 70.4 Å². The summed E-state index contributed by atoms with van der Waals surface area (Å²) < 4.78 is 30.3. The number of hydrogen-bond donors (Lipinski definition) is 2. The zero-order valence-electron chi connectivity index (χ0n) is 21.5. The van der Waals surface area contributed by atoms with Gasteiger partial charge in [0.1, 0.15) is 0 Å². The Morgan fingerprint density at radius 1 is 0.794 bits per heavy atom. The zero-order chi connectivity index (χ0) is 24.7. The third-order valence-corrected chi connectivity index (χ3v) is 8.88. The molecule has 2 amide bonds. The summed E-state index contributed by atoms with van der Waals surface area (Å²) in [6.45, 7) is 13.7. The molecule has 192 valence electrons. The summed E-state index contributed by atoms with van der Waals surface area (Å²) in [4.78, 5) is 17.4. The van der Waals surface area contributed by atoms with E-state index in [1.54, 1.807) is 0 Å². The molecule has 0 saturated carbocycles. The minimum atomic E-state index is -3.98. The van der Waals surface area contributed by atoms with Crippen LogP contribution in [-0.4, -0.2) is 80.9 Å². The minimum absolute atomic E-state index is 0.349. The lowest BCUT2D eigenvalue weighted by molar-refractivity contribution is 0.238. The van der Waals surface area contributed by atoms with Crippen molar-refractivity contribution in [1.29, 1.82) is 0 Å². The van der Waals surface area contributed by atoms with Gasteiger partial charge in [0, 0.05) is 31.9 Å². The van der Waals surface area contributed by atoms with E-state index < -0.39 is 16.2 Å². The van der Waals surface area contributed by atoms with Crippen LogP contribution in [0.15, 0.2) is 6.07 Å². The number of carbonyl (C=O) groups excluding carboxylic acids is 1. The van der Waals surface area contributed by atoms with Crippen molar-refractivity contribution >= 4 is 21.9 Å². The highest BCUT2D eigenvalue weighted by Gasteiger charge is 2.28. The largest absolute Gasteiger partial charge is 0.333 e. The van der Waals surface area contributed by atoms with Gasteiger partial charge >= 0.3 is 16.2 Å². The monoisotopic (exact) mass is 493 g/mol. The molecule has 2 aliphatic rings. The lowest BCUT2D eigenvalue weighted by atomic mass is 9.99. The third kappa shape index (κ3) is 6.50. The van der Waals surface area contributed by atoms with Crippen molar-refractivity contribution in [2.24, 2.45) is 0 Å². The number of fused-ring (bicyclic) bond motifs is 2. The van der Waals surface area contributed by atoms with Crippen LogP contribution >= 0.6 is 0 Å². The van der Waals surface area contributed by atoms with Crippen LogP contribution in [0.2, 0.25) is 0 Å².